The highest BCUT2D eigenvalue weighted by molar-refractivity contribution is 7.09. The predicted molar refractivity (Wildman–Crippen MR) is 80.6 cm³/mol. The van der Waals surface area contributed by atoms with Crippen LogP contribution < -0.4 is 5.73 Å². The number of nitrogens with zero attached hydrogens (tertiary/aromatic N) is 2. The second-order valence-corrected chi connectivity index (χ2v) is 5.26. The highest BCUT2D eigenvalue weighted by Crippen LogP contribution is 2.15. The molecule has 0 fully saturated rings. The van der Waals surface area contributed by atoms with Crippen LogP contribution in [-0.2, 0) is 11.3 Å². The van der Waals surface area contributed by atoms with Crippen LogP contribution in [0.3, 0.4) is 0 Å². The summed E-state index contributed by atoms with van der Waals surface area (Å²) in [4.78, 5) is 18.9. The van der Waals surface area contributed by atoms with E-state index in [2.05, 4.69) is 4.98 Å². The summed E-state index contributed by atoms with van der Waals surface area (Å²) < 4.78 is 0. The minimum Gasteiger partial charge on any atom is -0.339 e. The van der Waals surface area contributed by atoms with Gasteiger partial charge < -0.3 is 10.6 Å². The molecule has 106 valence electrons. The lowest BCUT2D eigenvalue weighted by Crippen LogP contribution is -2.44. The molecular weight excluding hydrogens is 293 g/mol. The van der Waals surface area contributed by atoms with Crippen LogP contribution in [0.5, 0.6) is 0 Å². The molecule has 1 aromatic rings. The third-order valence-corrected chi connectivity index (χ3v) is 3.53. The zero-order chi connectivity index (χ0) is 12.3. The molecule has 0 aromatic carbocycles. The second-order valence-electron chi connectivity index (χ2n) is 4.33. The summed E-state index contributed by atoms with van der Waals surface area (Å²) >= 11 is 1.57. The Labute approximate surface area is 125 Å². The number of halogens is 2. The Hall–Kier alpha value is -0.360. The fourth-order valence-corrected chi connectivity index (χ4v) is 2.14. The Balaban J connectivity index is 0. The van der Waals surface area contributed by atoms with Gasteiger partial charge in [-0.1, -0.05) is 13.8 Å². The number of likely N-dealkylation sites (N-methyl/N-ethyl adjacent to an activating group) is 1. The number of aryl methyl sites for hydroxylation is 1. The van der Waals surface area contributed by atoms with Gasteiger partial charge in [0.05, 0.1) is 23.8 Å². The van der Waals surface area contributed by atoms with E-state index in [4.69, 9.17) is 5.73 Å². The van der Waals surface area contributed by atoms with Gasteiger partial charge >= 0.3 is 0 Å². The maximum atomic E-state index is 11.9. The zero-order valence-electron chi connectivity index (χ0n) is 11.0. The van der Waals surface area contributed by atoms with Crippen molar-refractivity contribution in [2.24, 2.45) is 11.7 Å². The number of hydrogen-bond donors (Lipinski definition) is 1. The normalized spacial score (nSPS) is 11.4. The Kier molecular flexibility index (Phi) is 9.64. The number of carbonyl (C=O) groups is 1. The molecule has 0 radical (unpaired) electrons. The van der Waals surface area contributed by atoms with E-state index in [1.54, 1.807) is 28.8 Å². The van der Waals surface area contributed by atoms with E-state index in [9.17, 15) is 4.79 Å². The fraction of sp³-hybridized carbons (Fsp3) is 0.636. The van der Waals surface area contributed by atoms with Crippen LogP contribution in [0.4, 0.5) is 0 Å². The van der Waals surface area contributed by atoms with Crippen LogP contribution >= 0.6 is 36.2 Å². The van der Waals surface area contributed by atoms with Crippen molar-refractivity contribution in [1.82, 2.24) is 9.88 Å². The number of rotatable bonds is 4. The molecule has 0 aliphatic rings. The molecule has 0 aliphatic carbocycles. The molecular formula is C11H21Cl2N3OS. The van der Waals surface area contributed by atoms with Crippen LogP contribution in [0.1, 0.15) is 24.4 Å². The van der Waals surface area contributed by atoms with Gasteiger partial charge in [0.15, 0.2) is 0 Å². The molecule has 1 amide bonds. The van der Waals surface area contributed by atoms with Gasteiger partial charge in [-0.15, -0.1) is 36.2 Å². The summed E-state index contributed by atoms with van der Waals surface area (Å²) in [7, 11) is 1.78. The van der Waals surface area contributed by atoms with Crippen molar-refractivity contribution < 1.29 is 4.79 Å². The maximum absolute atomic E-state index is 11.9. The van der Waals surface area contributed by atoms with Crippen molar-refractivity contribution in [1.29, 1.82) is 0 Å². The van der Waals surface area contributed by atoms with Crippen molar-refractivity contribution in [3.05, 3.63) is 16.1 Å². The fourth-order valence-electron chi connectivity index (χ4n) is 1.31. The molecule has 18 heavy (non-hydrogen) atoms. The van der Waals surface area contributed by atoms with E-state index < -0.39 is 6.04 Å². The van der Waals surface area contributed by atoms with Gasteiger partial charge in [0.25, 0.3) is 0 Å². The Morgan fingerprint density at radius 1 is 1.50 bits per heavy atom. The minimum atomic E-state index is -0.418. The number of amides is 1. The molecule has 0 saturated heterocycles. The number of hydrogen-bond acceptors (Lipinski definition) is 4. The molecule has 0 saturated carbocycles. The van der Waals surface area contributed by atoms with E-state index in [1.165, 1.54) is 0 Å². The SMILES string of the molecule is Cc1ncsc1CN(C)C(=O)[C@H](N)C(C)C.Cl.Cl. The summed E-state index contributed by atoms with van der Waals surface area (Å²) in [5.74, 6) is 0.153. The molecule has 1 atom stereocenters. The average Bonchev–Trinajstić information content (AvgIpc) is 2.62. The number of nitrogens with two attached hydrogens (primary N) is 1. The number of thiazole rings is 1. The lowest BCUT2D eigenvalue weighted by atomic mass is 10.0. The predicted octanol–water partition coefficient (Wildman–Crippen LogP) is 2.24. The summed E-state index contributed by atoms with van der Waals surface area (Å²) in [5, 5.41) is 0. The van der Waals surface area contributed by atoms with Crippen molar-refractivity contribution in [3.63, 3.8) is 0 Å². The summed E-state index contributed by atoms with van der Waals surface area (Å²) in [6, 6.07) is -0.418. The first-order valence-corrected chi connectivity index (χ1v) is 6.21. The van der Waals surface area contributed by atoms with E-state index in [0.717, 1.165) is 10.6 Å². The van der Waals surface area contributed by atoms with Crippen molar-refractivity contribution in [2.45, 2.75) is 33.4 Å². The molecule has 0 bridgehead atoms. The molecule has 1 aromatic heterocycles. The van der Waals surface area contributed by atoms with Gasteiger partial charge in [0.1, 0.15) is 0 Å². The molecule has 4 nitrogen and oxygen atoms in total. The number of aromatic nitrogens is 1. The first-order valence-electron chi connectivity index (χ1n) is 5.33. The third kappa shape index (κ3) is 5.10. The largest absolute Gasteiger partial charge is 0.339 e. The van der Waals surface area contributed by atoms with Gasteiger partial charge in [0, 0.05) is 11.9 Å². The van der Waals surface area contributed by atoms with Crippen molar-refractivity contribution in [3.8, 4) is 0 Å². The van der Waals surface area contributed by atoms with Crippen molar-refractivity contribution in [2.75, 3.05) is 7.05 Å². The molecule has 0 aliphatic heterocycles. The van der Waals surface area contributed by atoms with E-state index >= 15 is 0 Å². The Morgan fingerprint density at radius 3 is 2.44 bits per heavy atom. The smallest absolute Gasteiger partial charge is 0.239 e. The average molecular weight is 314 g/mol. The van der Waals surface area contributed by atoms with Crippen LogP contribution in [-0.4, -0.2) is 28.9 Å². The monoisotopic (exact) mass is 313 g/mol. The van der Waals surface area contributed by atoms with Crippen LogP contribution in [0.2, 0.25) is 0 Å². The van der Waals surface area contributed by atoms with Crippen LogP contribution in [0, 0.1) is 12.8 Å². The van der Waals surface area contributed by atoms with Crippen LogP contribution in [0.25, 0.3) is 0 Å². The summed E-state index contributed by atoms with van der Waals surface area (Å²) in [6.07, 6.45) is 0. The van der Waals surface area contributed by atoms with Gasteiger partial charge in [-0.2, -0.15) is 0 Å². The van der Waals surface area contributed by atoms with E-state index in [-0.39, 0.29) is 36.6 Å². The van der Waals surface area contributed by atoms with Gasteiger partial charge in [0.2, 0.25) is 5.91 Å². The van der Waals surface area contributed by atoms with Gasteiger partial charge in [-0.25, -0.2) is 4.98 Å². The summed E-state index contributed by atoms with van der Waals surface area (Å²) in [5.41, 5.74) is 8.61. The van der Waals surface area contributed by atoms with E-state index in [1.807, 2.05) is 20.8 Å². The lowest BCUT2D eigenvalue weighted by Gasteiger charge is -2.23. The minimum absolute atomic E-state index is 0. The molecule has 0 spiro atoms. The topological polar surface area (TPSA) is 59.2 Å². The quantitative estimate of drug-likeness (QED) is 0.927. The lowest BCUT2D eigenvalue weighted by molar-refractivity contribution is -0.132. The zero-order valence-corrected chi connectivity index (χ0v) is 13.5. The van der Waals surface area contributed by atoms with Gasteiger partial charge in [-0.05, 0) is 12.8 Å². The highest BCUT2D eigenvalue weighted by Gasteiger charge is 2.21. The molecule has 1 heterocycles. The van der Waals surface area contributed by atoms with E-state index in [0.29, 0.717) is 6.54 Å². The highest BCUT2D eigenvalue weighted by atomic mass is 35.5. The number of carbonyl (C=O) groups excluding carboxylic acids is 1. The first-order chi connectivity index (χ1) is 7.43. The molecule has 2 N–H and O–H groups in total. The molecule has 0 unspecified atom stereocenters. The summed E-state index contributed by atoms with van der Waals surface area (Å²) in [6.45, 7) is 6.45. The first kappa shape index (κ1) is 20.0. The Morgan fingerprint density at radius 2 is 2.06 bits per heavy atom. The van der Waals surface area contributed by atoms with Crippen molar-refractivity contribution >= 4 is 42.1 Å². The third-order valence-electron chi connectivity index (χ3n) is 2.61. The Bertz CT molecular complexity index is 371. The second kappa shape index (κ2) is 8.69. The van der Waals surface area contributed by atoms with Crippen LogP contribution in [0.15, 0.2) is 5.51 Å². The van der Waals surface area contributed by atoms with Gasteiger partial charge in [-0.3, -0.25) is 4.79 Å². The molecule has 1 rings (SSSR count). The molecule has 7 heteroatoms. The standard InChI is InChI=1S/C11H19N3OS.2ClH/c1-7(2)10(12)11(15)14(4)5-9-8(3)13-6-16-9;;/h6-7,10H,5,12H2,1-4H3;2*1H/t10-;;/m1../s1. The maximum Gasteiger partial charge on any atom is 0.239 e.